The molecule has 1 aromatic carbocycles. The molecule has 0 bridgehead atoms. The van der Waals surface area contributed by atoms with Crippen LogP contribution in [-0.4, -0.2) is 29.6 Å². The van der Waals surface area contributed by atoms with Crippen LogP contribution in [0.3, 0.4) is 0 Å². The van der Waals surface area contributed by atoms with Crippen LogP contribution in [0, 0.1) is 0 Å². The van der Waals surface area contributed by atoms with Gasteiger partial charge < -0.3 is 5.32 Å². The summed E-state index contributed by atoms with van der Waals surface area (Å²) in [4.78, 5) is 32.1. The molecule has 1 amide bonds. The summed E-state index contributed by atoms with van der Waals surface area (Å²) < 4.78 is 24.2. The number of aryl methyl sites for hydroxylation is 2. The molecular weight excluding hydrogens is 456 g/mol. The molecule has 0 atom stereocenters. The van der Waals surface area contributed by atoms with E-state index < -0.39 is 10.0 Å². The predicted molar refractivity (Wildman–Crippen MR) is 123 cm³/mol. The molecule has 0 fully saturated rings. The topological polar surface area (TPSA) is 124 Å². The second-order valence-corrected chi connectivity index (χ2v) is 10.6. The van der Waals surface area contributed by atoms with Gasteiger partial charge in [-0.15, -0.1) is 17.9 Å². The Morgan fingerprint density at radius 1 is 1.32 bits per heavy atom. The molecule has 8 nitrogen and oxygen atoms in total. The van der Waals surface area contributed by atoms with Gasteiger partial charge in [-0.3, -0.25) is 14.2 Å². The molecule has 11 heteroatoms. The van der Waals surface area contributed by atoms with Crippen LogP contribution >= 0.6 is 23.1 Å². The third kappa shape index (κ3) is 4.45. The molecule has 0 aliphatic heterocycles. The normalized spacial score (nSPS) is 13.3. The lowest BCUT2D eigenvalue weighted by molar-refractivity contribution is -0.113. The van der Waals surface area contributed by atoms with E-state index in [1.165, 1.54) is 40.9 Å². The quantitative estimate of drug-likeness (QED) is 0.307. The lowest BCUT2D eigenvalue weighted by atomic mass is 10.2. The fourth-order valence-corrected chi connectivity index (χ4v) is 6.14. The molecule has 4 rings (SSSR count). The van der Waals surface area contributed by atoms with E-state index >= 15 is 0 Å². The fraction of sp³-hybridized carbons (Fsp3) is 0.250. The van der Waals surface area contributed by atoms with Crippen molar-refractivity contribution in [3.05, 3.63) is 57.7 Å². The van der Waals surface area contributed by atoms with E-state index in [9.17, 15) is 18.0 Å². The van der Waals surface area contributed by atoms with Crippen molar-refractivity contribution in [2.45, 2.75) is 35.9 Å². The van der Waals surface area contributed by atoms with Gasteiger partial charge in [-0.05, 0) is 49.1 Å². The van der Waals surface area contributed by atoms with Crippen LogP contribution in [0.4, 0.5) is 5.69 Å². The number of nitrogens with one attached hydrogen (secondary N) is 1. The molecule has 3 aromatic rings. The van der Waals surface area contributed by atoms with Gasteiger partial charge in [0.2, 0.25) is 15.9 Å². The summed E-state index contributed by atoms with van der Waals surface area (Å²) in [5.74, 6) is -0.265. The molecule has 0 saturated carbocycles. The van der Waals surface area contributed by atoms with Crippen molar-refractivity contribution in [2.24, 2.45) is 5.14 Å². The number of sulfonamides is 1. The van der Waals surface area contributed by atoms with Crippen molar-refractivity contribution in [3.8, 4) is 0 Å². The van der Waals surface area contributed by atoms with E-state index in [2.05, 4.69) is 16.9 Å². The number of nitrogens with zero attached hydrogens (tertiary/aromatic N) is 2. The van der Waals surface area contributed by atoms with Crippen LogP contribution in [0.1, 0.15) is 16.9 Å². The number of thiophene rings is 1. The average molecular weight is 477 g/mol. The molecule has 1 aliphatic carbocycles. The Kier molecular flexibility index (Phi) is 6.02. The van der Waals surface area contributed by atoms with Crippen LogP contribution in [-0.2, 0) is 34.2 Å². The Bertz CT molecular complexity index is 1340. The highest BCUT2D eigenvalue weighted by Gasteiger charge is 2.23. The van der Waals surface area contributed by atoms with Crippen molar-refractivity contribution >= 4 is 54.9 Å². The maximum atomic E-state index is 13.1. The number of hydrogen-bond acceptors (Lipinski definition) is 7. The Hall–Kier alpha value is -2.47. The Morgan fingerprint density at radius 3 is 2.74 bits per heavy atom. The average Bonchev–Trinajstić information content (AvgIpc) is 3.29. The van der Waals surface area contributed by atoms with Gasteiger partial charge in [0, 0.05) is 17.1 Å². The number of fused-ring (bicyclic) bond motifs is 3. The molecular formula is C20H20N4O4S3. The Morgan fingerprint density at radius 2 is 2.06 bits per heavy atom. The number of carbonyl (C=O) groups is 1. The summed E-state index contributed by atoms with van der Waals surface area (Å²) in [7, 11) is -3.79. The number of carbonyl (C=O) groups excluding carboxylic acids is 1. The molecule has 3 N–H and O–H groups in total. The van der Waals surface area contributed by atoms with Gasteiger partial charge in [0.25, 0.3) is 5.56 Å². The number of benzene rings is 1. The predicted octanol–water partition coefficient (Wildman–Crippen LogP) is 2.51. The molecule has 31 heavy (non-hydrogen) atoms. The number of hydrogen-bond donors (Lipinski definition) is 2. The zero-order valence-corrected chi connectivity index (χ0v) is 18.9. The molecule has 2 aromatic heterocycles. The van der Waals surface area contributed by atoms with Gasteiger partial charge in [-0.25, -0.2) is 18.5 Å². The third-order valence-electron chi connectivity index (χ3n) is 4.90. The number of anilines is 1. The van der Waals surface area contributed by atoms with Gasteiger partial charge >= 0.3 is 0 Å². The van der Waals surface area contributed by atoms with Crippen molar-refractivity contribution in [2.75, 3.05) is 11.1 Å². The first kappa shape index (κ1) is 21.8. The van der Waals surface area contributed by atoms with E-state index in [-0.39, 0.29) is 22.1 Å². The van der Waals surface area contributed by atoms with Crippen molar-refractivity contribution < 1.29 is 13.2 Å². The molecule has 1 aliphatic rings. The first-order valence-electron chi connectivity index (χ1n) is 9.49. The van der Waals surface area contributed by atoms with Crippen LogP contribution in [0.2, 0.25) is 0 Å². The van der Waals surface area contributed by atoms with Crippen molar-refractivity contribution in [1.82, 2.24) is 9.55 Å². The molecule has 0 spiro atoms. The SMILES string of the molecule is C=CCn1c(SCC(=O)Nc2ccc(S(N)(=O)=O)cc2)nc2sc3c(c2c1=O)CCC3. The summed E-state index contributed by atoms with van der Waals surface area (Å²) in [6.45, 7) is 4.04. The summed E-state index contributed by atoms with van der Waals surface area (Å²) in [5, 5.41) is 8.94. The number of allylic oxidation sites excluding steroid dienone is 1. The highest BCUT2D eigenvalue weighted by Crippen LogP contribution is 2.35. The maximum Gasteiger partial charge on any atom is 0.263 e. The van der Waals surface area contributed by atoms with Crippen LogP contribution in [0.15, 0.2) is 51.8 Å². The standard InChI is InChI=1S/C20H20N4O4S3/c1-2-10-24-19(26)17-14-4-3-5-15(14)30-18(17)23-20(24)29-11-16(25)22-12-6-8-13(9-7-12)31(21,27)28/h2,6-9H,1,3-5,10-11H2,(H,22,25)(H2,21,27,28). The minimum Gasteiger partial charge on any atom is -0.325 e. The zero-order valence-electron chi connectivity index (χ0n) is 16.5. The lowest BCUT2D eigenvalue weighted by Gasteiger charge is -2.11. The molecule has 0 saturated heterocycles. The molecule has 0 unspecified atom stereocenters. The summed E-state index contributed by atoms with van der Waals surface area (Å²) >= 11 is 2.73. The van der Waals surface area contributed by atoms with E-state index in [1.807, 2.05) is 0 Å². The number of amides is 1. The highest BCUT2D eigenvalue weighted by molar-refractivity contribution is 7.99. The smallest absolute Gasteiger partial charge is 0.263 e. The van der Waals surface area contributed by atoms with Gasteiger partial charge in [-0.1, -0.05) is 17.8 Å². The largest absolute Gasteiger partial charge is 0.325 e. The van der Waals surface area contributed by atoms with E-state index in [1.54, 1.807) is 22.0 Å². The van der Waals surface area contributed by atoms with Gasteiger partial charge in [0.05, 0.1) is 16.0 Å². The minimum absolute atomic E-state index is 0.0336. The monoisotopic (exact) mass is 476 g/mol. The van der Waals surface area contributed by atoms with Crippen molar-refractivity contribution in [1.29, 1.82) is 0 Å². The van der Waals surface area contributed by atoms with Gasteiger partial charge in [0.1, 0.15) is 4.83 Å². The van der Waals surface area contributed by atoms with Crippen molar-refractivity contribution in [3.63, 3.8) is 0 Å². The van der Waals surface area contributed by atoms with E-state index in [0.29, 0.717) is 22.8 Å². The molecule has 0 radical (unpaired) electrons. The second kappa shape index (κ2) is 8.58. The summed E-state index contributed by atoms with van der Waals surface area (Å²) in [6.07, 6.45) is 4.58. The Balaban J connectivity index is 1.53. The Labute approximate surface area is 187 Å². The number of rotatable bonds is 7. The first-order valence-corrected chi connectivity index (χ1v) is 12.8. The minimum atomic E-state index is -3.79. The number of aromatic nitrogens is 2. The lowest BCUT2D eigenvalue weighted by Crippen LogP contribution is -2.24. The second-order valence-electron chi connectivity index (χ2n) is 7.04. The highest BCUT2D eigenvalue weighted by atomic mass is 32.2. The number of nitrogens with two attached hydrogens (primary N) is 1. The maximum absolute atomic E-state index is 13.1. The van der Waals surface area contributed by atoms with Crippen LogP contribution in [0.5, 0.6) is 0 Å². The van der Waals surface area contributed by atoms with E-state index in [0.717, 1.165) is 29.7 Å². The first-order chi connectivity index (χ1) is 14.8. The molecule has 162 valence electrons. The zero-order chi connectivity index (χ0) is 22.2. The van der Waals surface area contributed by atoms with E-state index in [4.69, 9.17) is 5.14 Å². The van der Waals surface area contributed by atoms with Crippen LogP contribution < -0.4 is 16.0 Å². The third-order valence-corrected chi connectivity index (χ3v) is 7.99. The number of primary sulfonamides is 1. The number of thioether (sulfide) groups is 1. The van der Waals surface area contributed by atoms with Gasteiger partial charge in [0.15, 0.2) is 5.16 Å². The summed E-state index contributed by atoms with van der Waals surface area (Å²) in [5.41, 5.74) is 1.47. The van der Waals surface area contributed by atoms with Crippen LogP contribution in [0.25, 0.3) is 10.2 Å². The molecule has 2 heterocycles. The summed E-state index contributed by atoms with van der Waals surface area (Å²) in [6, 6.07) is 5.58. The van der Waals surface area contributed by atoms with Gasteiger partial charge in [-0.2, -0.15) is 0 Å². The fourth-order valence-electron chi connectivity index (χ4n) is 3.51.